The number of nitrogens with one attached hydrogen (secondary N) is 1. The van der Waals surface area contributed by atoms with E-state index in [1.165, 1.54) is 5.56 Å². The van der Waals surface area contributed by atoms with Crippen LogP contribution in [0.5, 0.6) is 0 Å². The van der Waals surface area contributed by atoms with Gasteiger partial charge in [-0.15, -0.1) is 0 Å². The Labute approximate surface area is 104 Å². The Morgan fingerprint density at radius 1 is 1.12 bits per heavy atom. The molecule has 0 saturated carbocycles. The van der Waals surface area contributed by atoms with E-state index < -0.39 is 0 Å². The first-order valence-corrected chi connectivity index (χ1v) is 6.07. The maximum absolute atomic E-state index is 11.4. The molecule has 0 atom stereocenters. The van der Waals surface area contributed by atoms with Crippen LogP contribution < -0.4 is 5.32 Å². The summed E-state index contributed by atoms with van der Waals surface area (Å²) in [6.07, 6.45) is 3.41. The molecule has 92 valence electrons. The summed E-state index contributed by atoms with van der Waals surface area (Å²) in [6, 6.07) is 8.45. The molecule has 0 bridgehead atoms. The van der Waals surface area contributed by atoms with Crippen molar-refractivity contribution in [3.8, 4) is 0 Å². The summed E-state index contributed by atoms with van der Waals surface area (Å²) in [5.74, 6) is 0.491. The molecule has 0 spiro atoms. The van der Waals surface area contributed by atoms with Crippen molar-refractivity contribution in [2.45, 2.75) is 39.7 Å². The number of benzene rings is 1. The Balaban J connectivity index is 2.63. The molecule has 2 nitrogen and oxygen atoms in total. The van der Waals surface area contributed by atoms with Crippen LogP contribution in [-0.2, 0) is 4.79 Å². The van der Waals surface area contributed by atoms with Gasteiger partial charge in [0.05, 0.1) is 0 Å². The van der Waals surface area contributed by atoms with Gasteiger partial charge in [0.2, 0.25) is 5.91 Å². The lowest BCUT2D eigenvalue weighted by Crippen LogP contribution is -2.28. The van der Waals surface area contributed by atoms with Crippen molar-refractivity contribution in [3.05, 3.63) is 41.5 Å². The van der Waals surface area contributed by atoms with E-state index in [9.17, 15) is 4.79 Å². The number of amides is 1. The summed E-state index contributed by atoms with van der Waals surface area (Å²) in [6.45, 7) is 8.23. The summed E-state index contributed by atoms with van der Waals surface area (Å²) < 4.78 is 0. The van der Waals surface area contributed by atoms with Crippen LogP contribution in [0, 0.1) is 0 Å². The molecule has 0 aliphatic carbocycles. The lowest BCUT2D eigenvalue weighted by molar-refractivity contribution is -0.116. The number of carbonyl (C=O) groups is 1. The van der Waals surface area contributed by atoms with Gasteiger partial charge >= 0.3 is 0 Å². The monoisotopic (exact) mass is 231 g/mol. The van der Waals surface area contributed by atoms with Crippen molar-refractivity contribution >= 4 is 12.0 Å². The second-order valence-electron chi connectivity index (χ2n) is 4.82. The molecule has 1 aromatic carbocycles. The summed E-state index contributed by atoms with van der Waals surface area (Å²) >= 11 is 0. The van der Waals surface area contributed by atoms with Gasteiger partial charge in [-0.05, 0) is 37.0 Å². The molecule has 1 rings (SSSR count). The third-order valence-electron chi connectivity index (χ3n) is 2.46. The molecular weight excluding hydrogens is 210 g/mol. The zero-order valence-electron chi connectivity index (χ0n) is 11.0. The highest BCUT2D eigenvalue weighted by atomic mass is 16.1. The van der Waals surface area contributed by atoms with Crippen LogP contribution in [0.1, 0.15) is 44.7 Å². The highest BCUT2D eigenvalue weighted by Crippen LogP contribution is 2.15. The minimum absolute atomic E-state index is 0.0482. The minimum Gasteiger partial charge on any atom is -0.350 e. The van der Waals surface area contributed by atoms with Crippen molar-refractivity contribution in [1.82, 2.24) is 5.32 Å². The lowest BCUT2D eigenvalue weighted by Gasteiger charge is -2.05. The molecule has 0 unspecified atom stereocenters. The van der Waals surface area contributed by atoms with Gasteiger partial charge in [0.1, 0.15) is 0 Å². The third-order valence-corrected chi connectivity index (χ3v) is 2.46. The Hall–Kier alpha value is -1.57. The van der Waals surface area contributed by atoms with Crippen LogP contribution in [0.15, 0.2) is 30.3 Å². The van der Waals surface area contributed by atoms with E-state index >= 15 is 0 Å². The van der Waals surface area contributed by atoms with Gasteiger partial charge in [-0.1, -0.05) is 38.1 Å². The van der Waals surface area contributed by atoms with Crippen LogP contribution in [-0.4, -0.2) is 11.9 Å². The average Bonchev–Trinajstić information content (AvgIpc) is 2.26. The highest BCUT2D eigenvalue weighted by molar-refractivity contribution is 5.91. The van der Waals surface area contributed by atoms with E-state index in [1.54, 1.807) is 6.08 Å². The zero-order valence-corrected chi connectivity index (χ0v) is 11.0. The predicted octanol–water partition coefficient (Wildman–Crippen LogP) is 3.35. The van der Waals surface area contributed by atoms with Crippen LogP contribution >= 0.6 is 0 Å². The quantitative estimate of drug-likeness (QED) is 0.791. The van der Waals surface area contributed by atoms with Gasteiger partial charge in [0.15, 0.2) is 0 Å². The zero-order chi connectivity index (χ0) is 12.8. The SMILES string of the molecule is CC(C)NC(=O)/C=C/c1ccc(C(C)C)cc1. The van der Waals surface area contributed by atoms with E-state index in [0.717, 1.165) is 5.56 Å². The molecular formula is C15H21NO. The van der Waals surface area contributed by atoms with E-state index in [1.807, 2.05) is 32.1 Å². The molecule has 17 heavy (non-hydrogen) atoms. The average molecular weight is 231 g/mol. The Morgan fingerprint density at radius 3 is 2.18 bits per heavy atom. The van der Waals surface area contributed by atoms with Crippen LogP contribution in [0.4, 0.5) is 0 Å². The highest BCUT2D eigenvalue weighted by Gasteiger charge is 1.99. The fourth-order valence-corrected chi connectivity index (χ4v) is 1.50. The summed E-state index contributed by atoms with van der Waals surface area (Å²) in [5, 5.41) is 2.82. The molecule has 0 aromatic heterocycles. The second kappa shape index (κ2) is 6.24. The topological polar surface area (TPSA) is 29.1 Å². The molecule has 0 saturated heterocycles. The maximum Gasteiger partial charge on any atom is 0.244 e. The van der Waals surface area contributed by atoms with Gasteiger partial charge in [0.25, 0.3) is 0 Å². The van der Waals surface area contributed by atoms with Crippen molar-refractivity contribution in [1.29, 1.82) is 0 Å². The Morgan fingerprint density at radius 2 is 1.71 bits per heavy atom. The first-order chi connectivity index (χ1) is 7.99. The van der Waals surface area contributed by atoms with Gasteiger partial charge in [-0.3, -0.25) is 4.79 Å². The van der Waals surface area contributed by atoms with Crippen molar-refractivity contribution in [2.24, 2.45) is 0 Å². The molecule has 0 aliphatic rings. The number of hydrogen-bond donors (Lipinski definition) is 1. The second-order valence-corrected chi connectivity index (χ2v) is 4.82. The van der Waals surface area contributed by atoms with Gasteiger partial charge in [0, 0.05) is 12.1 Å². The number of carbonyl (C=O) groups excluding carboxylic acids is 1. The fraction of sp³-hybridized carbons (Fsp3) is 0.400. The van der Waals surface area contributed by atoms with E-state index in [0.29, 0.717) is 5.92 Å². The van der Waals surface area contributed by atoms with Gasteiger partial charge < -0.3 is 5.32 Å². The fourth-order valence-electron chi connectivity index (χ4n) is 1.50. The largest absolute Gasteiger partial charge is 0.350 e. The number of hydrogen-bond acceptors (Lipinski definition) is 1. The molecule has 0 fully saturated rings. The predicted molar refractivity (Wildman–Crippen MR) is 72.8 cm³/mol. The maximum atomic E-state index is 11.4. The van der Waals surface area contributed by atoms with Crippen molar-refractivity contribution < 1.29 is 4.79 Å². The first-order valence-electron chi connectivity index (χ1n) is 6.07. The normalized spacial score (nSPS) is 11.4. The van der Waals surface area contributed by atoms with Crippen molar-refractivity contribution in [3.63, 3.8) is 0 Å². The Kier molecular flexibility index (Phi) is 4.95. The van der Waals surface area contributed by atoms with E-state index in [4.69, 9.17) is 0 Å². The van der Waals surface area contributed by atoms with Gasteiger partial charge in [-0.25, -0.2) is 0 Å². The molecule has 1 amide bonds. The standard InChI is InChI=1S/C15H21NO/c1-11(2)14-8-5-13(6-9-14)7-10-15(17)16-12(3)4/h5-12H,1-4H3,(H,16,17)/b10-7+. The Bertz CT molecular complexity index is 388. The van der Waals surface area contributed by atoms with E-state index in [-0.39, 0.29) is 11.9 Å². The van der Waals surface area contributed by atoms with E-state index in [2.05, 4.69) is 31.3 Å². The van der Waals surface area contributed by atoms with Crippen molar-refractivity contribution in [2.75, 3.05) is 0 Å². The summed E-state index contributed by atoms with van der Waals surface area (Å²) in [4.78, 5) is 11.4. The third kappa shape index (κ3) is 4.85. The minimum atomic E-state index is -0.0482. The van der Waals surface area contributed by atoms with Gasteiger partial charge in [-0.2, -0.15) is 0 Å². The molecule has 0 heterocycles. The molecule has 0 aliphatic heterocycles. The smallest absolute Gasteiger partial charge is 0.244 e. The first kappa shape index (κ1) is 13.5. The van der Waals surface area contributed by atoms with Crippen LogP contribution in [0.3, 0.4) is 0 Å². The molecule has 1 N–H and O–H groups in total. The lowest BCUT2D eigenvalue weighted by atomic mass is 10.0. The van der Waals surface area contributed by atoms with Crippen LogP contribution in [0.25, 0.3) is 6.08 Å². The molecule has 1 aromatic rings. The molecule has 2 heteroatoms. The summed E-state index contributed by atoms with van der Waals surface area (Å²) in [5.41, 5.74) is 2.36. The summed E-state index contributed by atoms with van der Waals surface area (Å²) in [7, 11) is 0. The molecule has 0 radical (unpaired) electrons. The number of rotatable bonds is 4. The van der Waals surface area contributed by atoms with Crippen LogP contribution in [0.2, 0.25) is 0 Å².